The smallest absolute Gasteiger partial charge is 0.0568 e. The molecule has 2 nitrogen and oxygen atoms in total. The first-order valence-electron chi connectivity index (χ1n) is 10.4. The van der Waals surface area contributed by atoms with Crippen LogP contribution < -0.4 is 0 Å². The van der Waals surface area contributed by atoms with Crippen LogP contribution >= 0.6 is 0 Å². The van der Waals surface area contributed by atoms with E-state index in [1.807, 2.05) is 17.9 Å². The molecular formula is C23H30N2. The first-order valence-corrected chi connectivity index (χ1v) is 10.4. The summed E-state index contributed by atoms with van der Waals surface area (Å²) in [6, 6.07) is 7.19. The maximum atomic E-state index is 4.35. The minimum Gasteiger partial charge on any atom is -0.275 e. The predicted molar refractivity (Wildman–Crippen MR) is 103 cm³/mol. The van der Waals surface area contributed by atoms with Crippen LogP contribution in [0.4, 0.5) is 0 Å². The molecule has 0 aliphatic heterocycles. The maximum absolute atomic E-state index is 4.35. The van der Waals surface area contributed by atoms with Crippen molar-refractivity contribution >= 4 is 0 Å². The number of nitrogens with zero attached hydrogens (tertiary/aromatic N) is 2. The number of aromatic nitrogens is 2. The quantitative estimate of drug-likeness (QED) is 0.706. The van der Waals surface area contributed by atoms with Crippen LogP contribution in [0.2, 0.25) is 0 Å². The van der Waals surface area contributed by atoms with Crippen molar-refractivity contribution in [1.29, 1.82) is 0 Å². The molecule has 2 heteroatoms. The van der Waals surface area contributed by atoms with E-state index in [9.17, 15) is 0 Å². The highest BCUT2D eigenvalue weighted by molar-refractivity contribution is 5.65. The molecular weight excluding hydrogens is 304 g/mol. The third kappa shape index (κ3) is 2.74. The van der Waals surface area contributed by atoms with Gasteiger partial charge in [0.25, 0.3) is 0 Å². The summed E-state index contributed by atoms with van der Waals surface area (Å²) in [4.78, 5) is 0. The molecule has 1 spiro atoms. The van der Waals surface area contributed by atoms with Crippen molar-refractivity contribution in [1.82, 2.24) is 9.78 Å². The van der Waals surface area contributed by atoms with Crippen LogP contribution in [0.5, 0.6) is 0 Å². The second-order valence-electron chi connectivity index (χ2n) is 8.91. The lowest BCUT2D eigenvalue weighted by molar-refractivity contribution is 0.322. The monoisotopic (exact) mass is 334 g/mol. The molecule has 1 aromatic heterocycles. The van der Waals surface area contributed by atoms with E-state index in [0.29, 0.717) is 5.41 Å². The second-order valence-corrected chi connectivity index (χ2v) is 8.91. The normalized spacial score (nSPS) is 28.4. The highest BCUT2D eigenvalue weighted by atomic mass is 15.2. The van der Waals surface area contributed by atoms with Gasteiger partial charge in [0.1, 0.15) is 0 Å². The molecule has 0 saturated heterocycles. The summed E-state index contributed by atoms with van der Waals surface area (Å²) in [5.74, 6) is 1.99. The van der Waals surface area contributed by atoms with E-state index in [-0.39, 0.29) is 0 Å². The van der Waals surface area contributed by atoms with Gasteiger partial charge in [0.15, 0.2) is 0 Å². The minimum absolute atomic E-state index is 0.544. The number of rotatable bonds is 4. The van der Waals surface area contributed by atoms with E-state index in [0.717, 1.165) is 11.8 Å². The van der Waals surface area contributed by atoms with E-state index in [1.54, 1.807) is 11.1 Å². The summed E-state index contributed by atoms with van der Waals surface area (Å²) in [5, 5.41) is 4.35. The van der Waals surface area contributed by atoms with Crippen molar-refractivity contribution in [2.45, 2.75) is 69.6 Å². The zero-order valence-corrected chi connectivity index (χ0v) is 15.5. The van der Waals surface area contributed by atoms with Gasteiger partial charge in [0, 0.05) is 18.8 Å². The Balaban J connectivity index is 1.33. The molecule has 0 radical (unpaired) electrons. The molecule has 25 heavy (non-hydrogen) atoms. The Bertz CT molecular complexity index is 768. The maximum Gasteiger partial charge on any atom is 0.0568 e. The highest BCUT2D eigenvalue weighted by Crippen LogP contribution is 2.63. The summed E-state index contributed by atoms with van der Waals surface area (Å²) < 4.78 is 1.91. The second kappa shape index (κ2) is 6.00. The van der Waals surface area contributed by atoms with Gasteiger partial charge < -0.3 is 0 Å². The van der Waals surface area contributed by atoms with Gasteiger partial charge >= 0.3 is 0 Å². The largest absolute Gasteiger partial charge is 0.275 e. The van der Waals surface area contributed by atoms with Crippen LogP contribution in [0, 0.1) is 11.8 Å². The van der Waals surface area contributed by atoms with Crippen LogP contribution in [-0.2, 0) is 18.9 Å². The molecule has 3 aliphatic rings. The molecule has 132 valence electrons. The first kappa shape index (κ1) is 15.7. The molecule has 0 amide bonds. The average Bonchev–Trinajstić information content (AvgIpc) is 2.97. The molecule has 2 saturated carbocycles. The van der Waals surface area contributed by atoms with Gasteiger partial charge in [-0.2, -0.15) is 5.10 Å². The van der Waals surface area contributed by atoms with Crippen LogP contribution in [0.15, 0.2) is 30.6 Å². The van der Waals surface area contributed by atoms with Crippen LogP contribution in [0.25, 0.3) is 11.1 Å². The van der Waals surface area contributed by atoms with Gasteiger partial charge in [-0.3, -0.25) is 4.68 Å². The summed E-state index contributed by atoms with van der Waals surface area (Å²) in [7, 11) is 2.00. The lowest BCUT2D eigenvalue weighted by Gasteiger charge is -2.22. The number of hydrogen-bond acceptors (Lipinski definition) is 1. The Hall–Kier alpha value is -1.57. The number of hydrogen-bond donors (Lipinski definition) is 0. The lowest BCUT2D eigenvalue weighted by Crippen LogP contribution is -2.09. The van der Waals surface area contributed by atoms with Gasteiger partial charge in [-0.15, -0.1) is 0 Å². The number of fused-ring (bicyclic) bond motifs is 2. The van der Waals surface area contributed by atoms with Crippen molar-refractivity contribution in [2.24, 2.45) is 18.9 Å². The fraction of sp³-hybridized carbons (Fsp3) is 0.609. The molecule has 0 N–H and O–H groups in total. The first-order chi connectivity index (χ1) is 12.2. The van der Waals surface area contributed by atoms with Crippen molar-refractivity contribution < 1.29 is 0 Å². The fourth-order valence-corrected chi connectivity index (χ4v) is 5.81. The summed E-state index contributed by atoms with van der Waals surface area (Å²) in [6.45, 7) is 0. The summed E-state index contributed by atoms with van der Waals surface area (Å²) in [6.07, 6.45) is 18.7. The SMILES string of the molecule is Cn1cc(-c2ccc3c(c2)C2(CC3)CC2CCC2CCCCC2)cn1. The van der Waals surface area contributed by atoms with Crippen molar-refractivity contribution in [3.05, 3.63) is 41.7 Å². The third-order valence-electron chi connectivity index (χ3n) is 7.41. The Labute approximate surface area is 151 Å². The van der Waals surface area contributed by atoms with Crippen molar-refractivity contribution in [3.63, 3.8) is 0 Å². The highest BCUT2D eigenvalue weighted by Gasteiger charge is 2.57. The van der Waals surface area contributed by atoms with E-state index in [4.69, 9.17) is 0 Å². The van der Waals surface area contributed by atoms with Crippen molar-refractivity contribution in [3.8, 4) is 11.1 Å². The standard InChI is InChI=1S/C23H30N2/c1-25-16-20(15-24-25)19-9-8-18-11-12-23(22(18)13-19)14-21(23)10-7-17-5-3-2-4-6-17/h8-9,13,15-17,21H,2-7,10-12,14H2,1H3. The Morgan fingerprint density at radius 2 is 2.00 bits per heavy atom. The van der Waals surface area contributed by atoms with Gasteiger partial charge in [0.05, 0.1) is 6.20 Å². The zero-order chi connectivity index (χ0) is 16.9. The zero-order valence-electron chi connectivity index (χ0n) is 15.5. The average molecular weight is 335 g/mol. The van der Waals surface area contributed by atoms with Crippen LogP contribution in [0.3, 0.4) is 0 Å². The molecule has 3 aliphatic carbocycles. The Kier molecular flexibility index (Phi) is 3.76. The molecule has 1 aromatic carbocycles. The number of aryl methyl sites for hydroxylation is 2. The van der Waals surface area contributed by atoms with Crippen molar-refractivity contribution in [2.75, 3.05) is 0 Å². The van der Waals surface area contributed by atoms with E-state index in [2.05, 4.69) is 29.5 Å². The van der Waals surface area contributed by atoms with Crippen LogP contribution in [0.1, 0.15) is 68.9 Å². The molecule has 5 rings (SSSR count). The fourth-order valence-electron chi connectivity index (χ4n) is 5.81. The molecule has 2 aromatic rings. The van der Waals surface area contributed by atoms with Gasteiger partial charge in [-0.05, 0) is 59.6 Å². The Morgan fingerprint density at radius 1 is 1.12 bits per heavy atom. The number of benzene rings is 1. The van der Waals surface area contributed by atoms with Crippen LogP contribution in [-0.4, -0.2) is 9.78 Å². The van der Waals surface area contributed by atoms with Gasteiger partial charge in [-0.25, -0.2) is 0 Å². The van der Waals surface area contributed by atoms with E-state index in [1.165, 1.54) is 75.3 Å². The summed E-state index contributed by atoms with van der Waals surface area (Å²) in [5.41, 5.74) is 6.45. The lowest BCUT2D eigenvalue weighted by atomic mass is 9.84. The molecule has 2 unspecified atom stereocenters. The molecule has 2 fully saturated rings. The van der Waals surface area contributed by atoms with Gasteiger partial charge in [-0.1, -0.05) is 56.7 Å². The molecule has 2 atom stereocenters. The van der Waals surface area contributed by atoms with E-state index < -0.39 is 0 Å². The topological polar surface area (TPSA) is 17.8 Å². The summed E-state index contributed by atoms with van der Waals surface area (Å²) >= 11 is 0. The molecule has 0 bridgehead atoms. The minimum atomic E-state index is 0.544. The van der Waals surface area contributed by atoms with E-state index >= 15 is 0 Å². The predicted octanol–water partition coefficient (Wildman–Crippen LogP) is 5.65. The Morgan fingerprint density at radius 3 is 2.80 bits per heavy atom. The third-order valence-corrected chi connectivity index (χ3v) is 7.41. The molecule has 1 heterocycles. The van der Waals surface area contributed by atoms with Gasteiger partial charge in [0.2, 0.25) is 0 Å².